The van der Waals surface area contributed by atoms with Crippen LogP contribution in [0.25, 0.3) is 0 Å². The van der Waals surface area contributed by atoms with Crippen molar-refractivity contribution in [3.8, 4) is 0 Å². The number of alkyl carbamates (subject to hydrolysis) is 1. The van der Waals surface area contributed by atoms with Crippen molar-refractivity contribution in [1.29, 1.82) is 0 Å². The summed E-state index contributed by atoms with van der Waals surface area (Å²) < 4.78 is 18.5. The zero-order valence-electron chi connectivity index (χ0n) is 13.7. The van der Waals surface area contributed by atoms with Crippen LogP contribution in [0, 0.1) is 15.9 Å². The van der Waals surface area contributed by atoms with Crippen molar-refractivity contribution >= 4 is 17.7 Å². The molecule has 1 aromatic carbocycles. The number of nitrogens with zero attached hydrogens (tertiary/aromatic N) is 1. The lowest BCUT2D eigenvalue weighted by molar-refractivity contribution is -0.387. The zero-order valence-corrected chi connectivity index (χ0v) is 13.7. The van der Waals surface area contributed by atoms with Gasteiger partial charge in [-0.2, -0.15) is 4.39 Å². The number of nitro benzene ring substituents is 1. The molecule has 0 atom stereocenters. The van der Waals surface area contributed by atoms with Gasteiger partial charge in [-0.3, -0.25) is 14.9 Å². The number of carbonyl (C=O) groups is 2. The number of carbonyl (C=O) groups excluding carboxylic acids is 2. The van der Waals surface area contributed by atoms with Gasteiger partial charge in [0.05, 0.1) is 4.92 Å². The van der Waals surface area contributed by atoms with E-state index >= 15 is 0 Å². The maximum atomic E-state index is 13.4. The van der Waals surface area contributed by atoms with E-state index in [1.54, 1.807) is 20.8 Å². The average molecular weight is 341 g/mol. The molecular formula is C15H20FN3O5. The van der Waals surface area contributed by atoms with E-state index in [2.05, 4.69) is 10.6 Å². The molecule has 0 saturated heterocycles. The van der Waals surface area contributed by atoms with Crippen LogP contribution < -0.4 is 10.6 Å². The third-order valence-electron chi connectivity index (χ3n) is 2.71. The van der Waals surface area contributed by atoms with E-state index in [9.17, 15) is 24.1 Å². The maximum absolute atomic E-state index is 13.4. The van der Waals surface area contributed by atoms with Crippen LogP contribution in [0.15, 0.2) is 18.2 Å². The van der Waals surface area contributed by atoms with Crippen molar-refractivity contribution in [2.45, 2.75) is 32.8 Å². The lowest BCUT2D eigenvalue weighted by atomic mass is 10.2. The summed E-state index contributed by atoms with van der Waals surface area (Å²) in [6.07, 6.45) is -0.105. The minimum atomic E-state index is -1.07. The van der Waals surface area contributed by atoms with Crippen LogP contribution in [0.3, 0.4) is 0 Å². The Kier molecular flexibility index (Phi) is 6.63. The molecule has 0 fully saturated rings. The Morgan fingerprint density at radius 3 is 2.42 bits per heavy atom. The molecular weight excluding hydrogens is 321 g/mol. The number of rotatable bonds is 6. The molecule has 0 saturated carbocycles. The van der Waals surface area contributed by atoms with Gasteiger partial charge in [0, 0.05) is 24.7 Å². The van der Waals surface area contributed by atoms with Gasteiger partial charge in [0.15, 0.2) is 0 Å². The summed E-state index contributed by atoms with van der Waals surface area (Å²) in [4.78, 5) is 32.8. The number of benzene rings is 1. The monoisotopic (exact) mass is 341 g/mol. The van der Waals surface area contributed by atoms with Crippen molar-refractivity contribution in [3.05, 3.63) is 39.7 Å². The Balaban J connectivity index is 2.36. The number of halogens is 1. The highest BCUT2D eigenvalue weighted by molar-refractivity contribution is 5.94. The van der Waals surface area contributed by atoms with Gasteiger partial charge in [-0.15, -0.1) is 0 Å². The van der Waals surface area contributed by atoms with Gasteiger partial charge in [0.2, 0.25) is 5.82 Å². The van der Waals surface area contributed by atoms with Crippen molar-refractivity contribution < 1.29 is 23.6 Å². The van der Waals surface area contributed by atoms with Crippen molar-refractivity contribution in [3.63, 3.8) is 0 Å². The summed E-state index contributed by atoms with van der Waals surface area (Å²) in [6, 6.07) is 2.93. The average Bonchev–Trinajstić information content (AvgIpc) is 2.44. The highest BCUT2D eigenvalue weighted by atomic mass is 19.1. The van der Waals surface area contributed by atoms with Gasteiger partial charge >= 0.3 is 11.8 Å². The second kappa shape index (κ2) is 8.23. The van der Waals surface area contributed by atoms with E-state index < -0.39 is 34.0 Å². The number of amides is 2. The predicted molar refractivity (Wildman–Crippen MR) is 84.2 cm³/mol. The van der Waals surface area contributed by atoms with E-state index in [0.717, 1.165) is 12.1 Å². The van der Waals surface area contributed by atoms with Gasteiger partial charge in [-0.05, 0) is 39.3 Å². The molecule has 1 aromatic rings. The Hall–Kier alpha value is -2.71. The zero-order chi connectivity index (χ0) is 18.3. The van der Waals surface area contributed by atoms with Crippen LogP contribution in [-0.2, 0) is 4.74 Å². The van der Waals surface area contributed by atoms with Crippen molar-refractivity contribution in [2.75, 3.05) is 13.1 Å². The Morgan fingerprint density at radius 1 is 1.25 bits per heavy atom. The minimum Gasteiger partial charge on any atom is -0.444 e. The molecule has 0 unspecified atom stereocenters. The van der Waals surface area contributed by atoms with E-state index in [-0.39, 0.29) is 12.1 Å². The standard InChI is InChI=1S/C15H20FN3O5/c1-15(2,3)24-14(21)18-8-4-7-17-13(20)10-5-6-12(19(22)23)11(16)9-10/h5-6,9H,4,7-8H2,1-3H3,(H,17,20)(H,18,21). The number of hydrogen-bond donors (Lipinski definition) is 2. The van der Waals surface area contributed by atoms with Crippen LogP contribution in [0.5, 0.6) is 0 Å². The Labute approximate surface area is 138 Å². The van der Waals surface area contributed by atoms with Gasteiger partial charge in [-0.1, -0.05) is 0 Å². The third-order valence-corrected chi connectivity index (χ3v) is 2.71. The van der Waals surface area contributed by atoms with E-state index in [4.69, 9.17) is 4.74 Å². The molecule has 0 aliphatic heterocycles. The smallest absolute Gasteiger partial charge is 0.407 e. The number of nitro groups is 1. The summed E-state index contributed by atoms with van der Waals surface area (Å²) in [5.74, 6) is -1.62. The van der Waals surface area contributed by atoms with E-state index in [1.807, 2.05) is 0 Å². The molecule has 9 heteroatoms. The summed E-state index contributed by atoms with van der Waals surface area (Å²) in [5, 5.41) is 15.6. The Morgan fingerprint density at radius 2 is 1.88 bits per heavy atom. The van der Waals surface area contributed by atoms with E-state index in [0.29, 0.717) is 13.0 Å². The Bertz CT molecular complexity index is 628. The summed E-state index contributed by atoms with van der Waals surface area (Å²) in [6.45, 7) is 5.78. The van der Waals surface area contributed by atoms with Crippen LogP contribution in [-0.4, -0.2) is 35.6 Å². The molecule has 0 radical (unpaired) electrons. The highest BCUT2D eigenvalue weighted by Crippen LogP contribution is 2.17. The first-order valence-electron chi connectivity index (χ1n) is 7.29. The molecule has 0 heterocycles. The number of nitrogens with one attached hydrogen (secondary N) is 2. The molecule has 0 aromatic heterocycles. The lowest BCUT2D eigenvalue weighted by Gasteiger charge is -2.19. The number of hydrogen-bond acceptors (Lipinski definition) is 5. The first-order chi connectivity index (χ1) is 11.1. The summed E-state index contributed by atoms with van der Waals surface area (Å²) in [5.41, 5.74) is -1.29. The third kappa shape index (κ3) is 6.59. The largest absolute Gasteiger partial charge is 0.444 e. The molecule has 0 aliphatic rings. The van der Waals surface area contributed by atoms with Crippen LogP contribution in [0.1, 0.15) is 37.6 Å². The second-order valence-electron chi connectivity index (χ2n) is 5.96. The predicted octanol–water partition coefficient (Wildman–Crippen LogP) is 2.38. The van der Waals surface area contributed by atoms with Gasteiger partial charge in [-0.25, -0.2) is 4.79 Å². The van der Waals surface area contributed by atoms with Crippen LogP contribution in [0.2, 0.25) is 0 Å². The topological polar surface area (TPSA) is 111 Å². The van der Waals surface area contributed by atoms with Crippen molar-refractivity contribution in [2.24, 2.45) is 0 Å². The fourth-order valence-electron chi connectivity index (χ4n) is 1.69. The molecule has 0 spiro atoms. The minimum absolute atomic E-state index is 0.0156. The number of ether oxygens (including phenoxy) is 1. The molecule has 8 nitrogen and oxygen atoms in total. The van der Waals surface area contributed by atoms with Crippen molar-refractivity contribution in [1.82, 2.24) is 10.6 Å². The normalized spacial score (nSPS) is 10.8. The van der Waals surface area contributed by atoms with E-state index in [1.165, 1.54) is 6.07 Å². The molecule has 2 N–H and O–H groups in total. The molecule has 2 amide bonds. The van der Waals surface area contributed by atoms with Crippen LogP contribution in [0.4, 0.5) is 14.9 Å². The molecule has 0 bridgehead atoms. The lowest BCUT2D eigenvalue weighted by Crippen LogP contribution is -2.34. The quantitative estimate of drug-likeness (QED) is 0.469. The summed E-state index contributed by atoms with van der Waals surface area (Å²) >= 11 is 0. The SMILES string of the molecule is CC(C)(C)OC(=O)NCCCNC(=O)c1ccc([N+](=O)[O-])c(F)c1. The molecule has 0 aliphatic carbocycles. The van der Waals surface area contributed by atoms with Gasteiger partial charge < -0.3 is 15.4 Å². The maximum Gasteiger partial charge on any atom is 0.407 e. The van der Waals surface area contributed by atoms with Crippen LogP contribution >= 0.6 is 0 Å². The first-order valence-corrected chi connectivity index (χ1v) is 7.29. The molecule has 1 rings (SSSR count). The first kappa shape index (κ1) is 19.3. The highest BCUT2D eigenvalue weighted by Gasteiger charge is 2.17. The summed E-state index contributed by atoms with van der Waals surface area (Å²) in [7, 11) is 0. The second-order valence-corrected chi connectivity index (χ2v) is 5.96. The van der Waals surface area contributed by atoms with Gasteiger partial charge in [0.1, 0.15) is 5.60 Å². The molecule has 132 valence electrons. The fraction of sp³-hybridized carbons (Fsp3) is 0.467. The van der Waals surface area contributed by atoms with Gasteiger partial charge in [0.25, 0.3) is 5.91 Å². The molecule has 24 heavy (non-hydrogen) atoms. The fourth-order valence-corrected chi connectivity index (χ4v) is 1.69.